The van der Waals surface area contributed by atoms with Crippen LogP contribution in [-0.2, 0) is 0 Å². The van der Waals surface area contributed by atoms with E-state index in [9.17, 15) is 0 Å². The molecule has 1 aromatic heterocycles. The molecular weight excluding hydrogens is 322 g/mol. The fourth-order valence-electron chi connectivity index (χ4n) is 1.98. The molecule has 0 radical (unpaired) electrons. The second kappa shape index (κ2) is 6.69. The van der Waals surface area contributed by atoms with E-state index in [1.54, 1.807) is 20.4 Å². The lowest BCUT2D eigenvalue weighted by molar-refractivity contribution is 0.399. The minimum atomic E-state index is -0.310. The van der Waals surface area contributed by atoms with Crippen molar-refractivity contribution >= 4 is 15.9 Å². The van der Waals surface area contributed by atoms with Crippen molar-refractivity contribution in [3.8, 4) is 11.5 Å². The summed E-state index contributed by atoms with van der Waals surface area (Å²) >= 11 is 3.53. The van der Waals surface area contributed by atoms with Crippen molar-refractivity contribution < 1.29 is 9.47 Å². The third-order valence-electron chi connectivity index (χ3n) is 2.97. The Morgan fingerprint density at radius 2 is 2.05 bits per heavy atom. The Kier molecular flexibility index (Phi) is 4.94. The number of nitrogens with two attached hydrogens (primary N) is 1. The van der Waals surface area contributed by atoms with Gasteiger partial charge in [0.25, 0.3) is 0 Å². The molecule has 1 aromatic carbocycles. The average Bonchev–Trinajstić information content (AvgIpc) is 2.50. The van der Waals surface area contributed by atoms with E-state index in [-0.39, 0.29) is 6.04 Å². The molecule has 2 aromatic rings. The third-order valence-corrected chi connectivity index (χ3v) is 3.70. The van der Waals surface area contributed by atoms with Gasteiger partial charge >= 0.3 is 0 Å². The predicted octanol–water partition coefficient (Wildman–Crippen LogP) is 2.41. The summed E-state index contributed by atoms with van der Waals surface area (Å²) in [6, 6.07) is 9.04. The van der Waals surface area contributed by atoms with Gasteiger partial charge < -0.3 is 9.47 Å². The highest BCUT2D eigenvalue weighted by Crippen LogP contribution is 2.33. The number of hydrazine groups is 1. The third kappa shape index (κ3) is 2.92. The van der Waals surface area contributed by atoms with E-state index in [2.05, 4.69) is 26.3 Å². The van der Waals surface area contributed by atoms with Crippen molar-refractivity contribution in [2.24, 2.45) is 5.84 Å². The molecular formula is C14H16BrN3O2. The van der Waals surface area contributed by atoms with Gasteiger partial charge in [-0.05, 0) is 35.9 Å². The molecule has 0 fully saturated rings. The van der Waals surface area contributed by atoms with Crippen LogP contribution in [0, 0.1) is 0 Å². The minimum Gasteiger partial charge on any atom is -0.497 e. The molecule has 1 heterocycles. The number of ether oxygens (including phenoxy) is 2. The SMILES string of the molecule is COc1ccc(Br)c(C(NN)c2ncccc2OC)c1. The first-order valence-corrected chi connectivity index (χ1v) is 6.79. The monoisotopic (exact) mass is 337 g/mol. The summed E-state index contributed by atoms with van der Waals surface area (Å²) in [7, 11) is 3.23. The molecule has 0 aliphatic rings. The average molecular weight is 338 g/mol. The smallest absolute Gasteiger partial charge is 0.142 e. The number of rotatable bonds is 5. The Morgan fingerprint density at radius 3 is 2.70 bits per heavy atom. The molecule has 6 heteroatoms. The Labute approximate surface area is 126 Å². The second-order valence-corrected chi connectivity index (χ2v) is 4.93. The molecule has 2 rings (SSSR count). The van der Waals surface area contributed by atoms with Crippen LogP contribution in [-0.4, -0.2) is 19.2 Å². The molecule has 106 valence electrons. The first-order chi connectivity index (χ1) is 9.71. The summed E-state index contributed by atoms with van der Waals surface area (Å²) in [6.45, 7) is 0. The standard InChI is InChI=1S/C14H16BrN3O2/c1-19-9-5-6-11(15)10(8-9)13(18-16)14-12(20-2)4-3-7-17-14/h3-8,13,18H,16H2,1-2H3. The van der Waals surface area contributed by atoms with Crippen molar-refractivity contribution in [3.05, 3.63) is 52.3 Å². The maximum atomic E-state index is 5.71. The van der Waals surface area contributed by atoms with Crippen LogP contribution in [0.1, 0.15) is 17.3 Å². The van der Waals surface area contributed by atoms with Crippen LogP contribution in [0.2, 0.25) is 0 Å². The second-order valence-electron chi connectivity index (χ2n) is 4.08. The zero-order valence-corrected chi connectivity index (χ0v) is 12.8. The van der Waals surface area contributed by atoms with E-state index in [1.165, 1.54) is 0 Å². The minimum absolute atomic E-state index is 0.310. The van der Waals surface area contributed by atoms with Crippen LogP contribution in [0.15, 0.2) is 41.0 Å². The van der Waals surface area contributed by atoms with E-state index in [0.717, 1.165) is 15.8 Å². The Morgan fingerprint density at radius 1 is 1.25 bits per heavy atom. The van der Waals surface area contributed by atoms with Crippen LogP contribution < -0.4 is 20.7 Å². The number of hydrogen-bond acceptors (Lipinski definition) is 5. The van der Waals surface area contributed by atoms with Crippen LogP contribution >= 0.6 is 15.9 Å². The number of nitrogens with one attached hydrogen (secondary N) is 1. The maximum absolute atomic E-state index is 5.71. The predicted molar refractivity (Wildman–Crippen MR) is 80.6 cm³/mol. The van der Waals surface area contributed by atoms with Gasteiger partial charge in [-0.2, -0.15) is 0 Å². The van der Waals surface area contributed by atoms with Gasteiger partial charge in [-0.1, -0.05) is 15.9 Å². The zero-order chi connectivity index (χ0) is 14.5. The van der Waals surface area contributed by atoms with Gasteiger partial charge in [0.2, 0.25) is 0 Å². The zero-order valence-electron chi connectivity index (χ0n) is 11.3. The number of halogens is 1. The molecule has 0 bridgehead atoms. The highest BCUT2D eigenvalue weighted by Gasteiger charge is 2.21. The van der Waals surface area contributed by atoms with Crippen molar-refractivity contribution in [2.75, 3.05) is 14.2 Å². The van der Waals surface area contributed by atoms with Crippen LogP contribution in [0.3, 0.4) is 0 Å². The summed E-state index contributed by atoms with van der Waals surface area (Å²) in [5, 5.41) is 0. The maximum Gasteiger partial charge on any atom is 0.142 e. The van der Waals surface area contributed by atoms with Gasteiger partial charge in [-0.3, -0.25) is 10.8 Å². The fraction of sp³-hybridized carbons (Fsp3) is 0.214. The van der Waals surface area contributed by atoms with Gasteiger partial charge in [0.1, 0.15) is 17.2 Å². The summed E-state index contributed by atoms with van der Waals surface area (Å²) in [5.41, 5.74) is 4.41. The highest BCUT2D eigenvalue weighted by atomic mass is 79.9. The lowest BCUT2D eigenvalue weighted by Gasteiger charge is -2.20. The largest absolute Gasteiger partial charge is 0.497 e. The van der Waals surface area contributed by atoms with Crippen molar-refractivity contribution in [1.82, 2.24) is 10.4 Å². The number of pyridine rings is 1. The van der Waals surface area contributed by atoms with E-state index in [0.29, 0.717) is 11.4 Å². The van der Waals surface area contributed by atoms with Gasteiger partial charge in [-0.15, -0.1) is 0 Å². The molecule has 0 spiro atoms. The molecule has 5 nitrogen and oxygen atoms in total. The topological polar surface area (TPSA) is 69.4 Å². The molecule has 0 saturated carbocycles. The normalized spacial score (nSPS) is 12.0. The van der Waals surface area contributed by atoms with Crippen molar-refractivity contribution in [3.63, 3.8) is 0 Å². The quantitative estimate of drug-likeness (QED) is 0.647. The van der Waals surface area contributed by atoms with Gasteiger partial charge in [0.05, 0.1) is 20.3 Å². The van der Waals surface area contributed by atoms with Gasteiger partial charge in [0, 0.05) is 10.7 Å². The van der Waals surface area contributed by atoms with Gasteiger partial charge in [-0.25, -0.2) is 5.43 Å². The van der Waals surface area contributed by atoms with E-state index < -0.39 is 0 Å². The number of benzene rings is 1. The molecule has 0 saturated heterocycles. The Balaban J connectivity index is 2.52. The molecule has 0 aliphatic carbocycles. The highest BCUT2D eigenvalue weighted by molar-refractivity contribution is 9.10. The molecule has 1 unspecified atom stereocenters. The lowest BCUT2D eigenvalue weighted by atomic mass is 10.0. The summed E-state index contributed by atoms with van der Waals surface area (Å²) in [4.78, 5) is 4.36. The molecule has 1 atom stereocenters. The number of aromatic nitrogens is 1. The van der Waals surface area contributed by atoms with Crippen molar-refractivity contribution in [2.45, 2.75) is 6.04 Å². The van der Waals surface area contributed by atoms with Crippen LogP contribution in [0.5, 0.6) is 11.5 Å². The molecule has 0 aliphatic heterocycles. The first-order valence-electron chi connectivity index (χ1n) is 5.99. The lowest BCUT2D eigenvalue weighted by Crippen LogP contribution is -2.30. The fourth-order valence-corrected chi connectivity index (χ4v) is 2.45. The summed E-state index contributed by atoms with van der Waals surface area (Å²) < 4.78 is 11.5. The van der Waals surface area contributed by atoms with Gasteiger partial charge in [0.15, 0.2) is 0 Å². The molecule has 20 heavy (non-hydrogen) atoms. The van der Waals surface area contributed by atoms with E-state index >= 15 is 0 Å². The first kappa shape index (κ1) is 14.8. The number of nitrogens with zero attached hydrogens (tertiary/aromatic N) is 1. The van der Waals surface area contributed by atoms with Crippen molar-refractivity contribution in [1.29, 1.82) is 0 Å². The summed E-state index contributed by atoms with van der Waals surface area (Å²) in [5.74, 6) is 7.13. The molecule has 0 amide bonds. The van der Waals surface area contributed by atoms with E-state index in [1.807, 2.05) is 30.3 Å². The Hall–Kier alpha value is -1.63. The number of hydrogen-bond donors (Lipinski definition) is 2. The molecule has 3 N–H and O–H groups in total. The van der Waals surface area contributed by atoms with Crippen LogP contribution in [0.25, 0.3) is 0 Å². The van der Waals surface area contributed by atoms with Crippen LogP contribution in [0.4, 0.5) is 0 Å². The Bertz CT molecular complexity index is 592. The number of methoxy groups -OCH3 is 2. The summed E-state index contributed by atoms with van der Waals surface area (Å²) in [6.07, 6.45) is 1.70. The van der Waals surface area contributed by atoms with E-state index in [4.69, 9.17) is 15.3 Å².